The molecule has 0 saturated carbocycles. The van der Waals surface area contributed by atoms with E-state index in [1.165, 1.54) is 11.8 Å². The third-order valence-electron chi connectivity index (χ3n) is 4.45. The molecule has 0 radical (unpaired) electrons. The average Bonchev–Trinajstić information content (AvgIpc) is 2.75. The van der Waals surface area contributed by atoms with Gasteiger partial charge in [0.15, 0.2) is 0 Å². The highest BCUT2D eigenvalue weighted by Gasteiger charge is 2.18. The molecule has 0 aromatic heterocycles. The molecule has 0 aliphatic rings. The number of carbonyl (C=O) groups is 2. The molecule has 0 heterocycles. The van der Waals surface area contributed by atoms with Crippen LogP contribution >= 0.6 is 46.0 Å². The second-order valence-corrected chi connectivity index (χ2v) is 9.85. The van der Waals surface area contributed by atoms with Gasteiger partial charge in [-0.25, -0.2) is 0 Å². The normalized spacial score (nSPS) is 11.6. The summed E-state index contributed by atoms with van der Waals surface area (Å²) in [7, 11) is 0. The molecule has 1 atom stereocenters. The summed E-state index contributed by atoms with van der Waals surface area (Å²) in [5.74, 6) is -0.140. The zero-order valence-corrected chi connectivity index (χ0v) is 20.6. The zero-order chi connectivity index (χ0) is 22.2. The van der Waals surface area contributed by atoms with Gasteiger partial charge in [0, 0.05) is 24.9 Å². The smallest absolute Gasteiger partial charge is 0.237 e. The van der Waals surface area contributed by atoms with Gasteiger partial charge in [0.1, 0.15) is 0 Å². The number of amides is 2. The monoisotopic (exact) mass is 564 g/mol. The molecule has 3 aromatic rings. The molecule has 0 bridgehead atoms. The van der Waals surface area contributed by atoms with Crippen LogP contribution in [-0.4, -0.2) is 17.1 Å². The number of anilines is 2. The van der Waals surface area contributed by atoms with Crippen LogP contribution in [0, 0.1) is 3.57 Å². The van der Waals surface area contributed by atoms with E-state index in [4.69, 9.17) is 11.6 Å². The predicted octanol–water partition coefficient (Wildman–Crippen LogP) is 6.64. The molecule has 0 aliphatic heterocycles. The third-order valence-corrected chi connectivity index (χ3v) is 6.78. The van der Waals surface area contributed by atoms with E-state index in [2.05, 4.69) is 33.2 Å². The molecule has 2 amide bonds. The van der Waals surface area contributed by atoms with E-state index in [0.29, 0.717) is 17.1 Å². The highest BCUT2D eigenvalue weighted by molar-refractivity contribution is 14.1. The highest BCUT2D eigenvalue weighted by atomic mass is 127. The van der Waals surface area contributed by atoms with Crippen LogP contribution in [0.5, 0.6) is 0 Å². The van der Waals surface area contributed by atoms with Crippen LogP contribution in [0.15, 0.2) is 77.7 Å². The number of hydrogen-bond donors (Lipinski definition) is 2. The van der Waals surface area contributed by atoms with E-state index >= 15 is 0 Å². The second kappa shape index (κ2) is 11.5. The number of hydrogen-bond acceptors (Lipinski definition) is 3. The molecule has 0 fully saturated rings. The minimum absolute atomic E-state index is 0.0362. The number of thioether (sulfide) groups is 1. The minimum Gasteiger partial charge on any atom is -0.326 e. The van der Waals surface area contributed by atoms with Crippen LogP contribution in [0.25, 0.3) is 0 Å². The highest BCUT2D eigenvalue weighted by Crippen LogP contribution is 2.28. The van der Waals surface area contributed by atoms with Gasteiger partial charge in [-0.05, 0) is 89.2 Å². The van der Waals surface area contributed by atoms with E-state index in [9.17, 15) is 9.59 Å². The molecule has 4 nitrogen and oxygen atoms in total. The molecule has 3 aromatic carbocycles. The van der Waals surface area contributed by atoms with Gasteiger partial charge in [-0.1, -0.05) is 36.7 Å². The van der Waals surface area contributed by atoms with Crippen molar-refractivity contribution in [3.8, 4) is 0 Å². The number of halogens is 2. The van der Waals surface area contributed by atoms with Crippen molar-refractivity contribution < 1.29 is 9.59 Å². The van der Waals surface area contributed by atoms with Crippen molar-refractivity contribution in [3.63, 3.8) is 0 Å². The molecule has 0 saturated heterocycles. The quantitative estimate of drug-likeness (QED) is 0.238. The average molecular weight is 565 g/mol. The lowest BCUT2D eigenvalue weighted by atomic mass is 10.1. The van der Waals surface area contributed by atoms with E-state index in [1.807, 2.05) is 67.6 Å². The van der Waals surface area contributed by atoms with Crippen LogP contribution in [0.2, 0.25) is 5.02 Å². The Labute approximate surface area is 205 Å². The van der Waals surface area contributed by atoms with Gasteiger partial charge in [0.05, 0.1) is 11.7 Å². The standard InChI is InChI=1S/C24H22ClIN2O2S/c1-2-22(24(30)28-19-12-10-18(26)11-13-19)31-21-5-3-4-20(15-21)27-23(29)14-16-6-8-17(25)9-7-16/h3-13,15,22H,2,14H2,1H3,(H,27,29)(H,28,30). The summed E-state index contributed by atoms with van der Waals surface area (Å²) in [5.41, 5.74) is 2.38. The van der Waals surface area contributed by atoms with Crippen LogP contribution in [-0.2, 0) is 16.0 Å². The second-order valence-electron chi connectivity index (χ2n) is 6.89. The Morgan fingerprint density at radius 2 is 1.68 bits per heavy atom. The van der Waals surface area contributed by atoms with Crippen LogP contribution in [0.4, 0.5) is 11.4 Å². The fraction of sp³-hybridized carbons (Fsp3) is 0.167. The Morgan fingerprint density at radius 3 is 2.35 bits per heavy atom. The van der Waals surface area contributed by atoms with Gasteiger partial charge in [0.25, 0.3) is 0 Å². The maximum Gasteiger partial charge on any atom is 0.237 e. The van der Waals surface area contributed by atoms with Gasteiger partial charge in [-0.3, -0.25) is 9.59 Å². The van der Waals surface area contributed by atoms with Crippen LogP contribution in [0.3, 0.4) is 0 Å². The zero-order valence-electron chi connectivity index (χ0n) is 16.9. The first kappa shape index (κ1) is 23.6. The Bertz CT molecular complexity index is 1040. The first-order valence-electron chi connectivity index (χ1n) is 9.80. The maximum absolute atomic E-state index is 12.7. The summed E-state index contributed by atoms with van der Waals surface area (Å²) in [5, 5.41) is 6.31. The number of carbonyl (C=O) groups excluding carboxylic acids is 2. The predicted molar refractivity (Wildman–Crippen MR) is 138 cm³/mol. The summed E-state index contributed by atoms with van der Waals surface area (Å²) >= 11 is 9.61. The SMILES string of the molecule is CCC(Sc1cccc(NC(=O)Cc2ccc(Cl)cc2)c1)C(=O)Nc1ccc(I)cc1. The van der Waals surface area contributed by atoms with E-state index in [0.717, 1.165) is 19.7 Å². The Morgan fingerprint density at radius 1 is 0.968 bits per heavy atom. The summed E-state index contributed by atoms with van der Waals surface area (Å²) in [6.07, 6.45) is 0.957. The van der Waals surface area contributed by atoms with E-state index in [-0.39, 0.29) is 23.5 Å². The lowest BCUT2D eigenvalue weighted by molar-refractivity contribution is -0.116. The summed E-state index contributed by atoms with van der Waals surface area (Å²) in [4.78, 5) is 26.0. The molecule has 3 rings (SSSR count). The topological polar surface area (TPSA) is 58.2 Å². The minimum atomic E-state index is -0.237. The fourth-order valence-electron chi connectivity index (χ4n) is 2.88. The van der Waals surface area contributed by atoms with E-state index in [1.54, 1.807) is 12.1 Å². The first-order chi connectivity index (χ1) is 14.9. The van der Waals surface area contributed by atoms with Crippen LogP contribution in [0.1, 0.15) is 18.9 Å². The van der Waals surface area contributed by atoms with Crippen molar-refractivity contribution in [2.45, 2.75) is 29.9 Å². The summed E-state index contributed by atoms with van der Waals surface area (Å²) < 4.78 is 1.12. The molecule has 31 heavy (non-hydrogen) atoms. The molecular formula is C24H22ClIN2O2S. The van der Waals surface area contributed by atoms with Crippen molar-refractivity contribution in [2.75, 3.05) is 10.6 Å². The van der Waals surface area contributed by atoms with Crippen LogP contribution < -0.4 is 10.6 Å². The number of nitrogens with one attached hydrogen (secondary N) is 2. The van der Waals surface area contributed by atoms with Crippen molar-refractivity contribution in [2.24, 2.45) is 0 Å². The Kier molecular flexibility index (Phi) is 8.80. The number of benzene rings is 3. The summed E-state index contributed by atoms with van der Waals surface area (Å²) in [6, 6.07) is 22.5. The molecule has 1 unspecified atom stereocenters. The largest absolute Gasteiger partial charge is 0.326 e. The van der Waals surface area contributed by atoms with Gasteiger partial charge in [-0.15, -0.1) is 11.8 Å². The maximum atomic E-state index is 12.7. The Hall–Kier alpha value is -2.03. The molecular weight excluding hydrogens is 543 g/mol. The van der Waals surface area contributed by atoms with Gasteiger partial charge in [0.2, 0.25) is 11.8 Å². The third kappa shape index (κ3) is 7.55. The van der Waals surface area contributed by atoms with Crippen molar-refractivity contribution in [1.82, 2.24) is 0 Å². The molecule has 7 heteroatoms. The fourth-order valence-corrected chi connectivity index (χ4v) is 4.38. The Balaban J connectivity index is 1.60. The molecule has 160 valence electrons. The van der Waals surface area contributed by atoms with Gasteiger partial charge >= 0.3 is 0 Å². The summed E-state index contributed by atoms with van der Waals surface area (Å²) in [6.45, 7) is 1.99. The number of rotatable bonds is 8. The van der Waals surface area contributed by atoms with Crippen molar-refractivity contribution in [3.05, 3.63) is 87.0 Å². The molecule has 0 spiro atoms. The van der Waals surface area contributed by atoms with Crippen molar-refractivity contribution in [1.29, 1.82) is 0 Å². The first-order valence-corrected chi connectivity index (χ1v) is 12.1. The lowest BCUT2D eigenvalue weighted by Gasteiger charge is -2.15. The molecule has 2 N–H and O–H groups in total. The van der Waals surface area contributed by atoms with Crippen molar-refractivity contribution >= 4 is 69.1 Å². The van der Waals surface area contributed by atoms with E-state index < -0.39 is 0 Å². The van der Waals surface area contributed by atoms with Gasteiger partial charge in [-0.2, -0.15) is 0 Å². The molecule has 0 aliphatic carbocycles. The van der Waals surface area contributed by atoms with Gasteiger partial charge < -0.3 is 10.6 Å². The lowest BCUT2D eigenvalue weighted by Crippen LogP contribution is -2.24.